The summed E-state index contributed by atoms with van der Waals surface area (Å²) in [5, 5.41) is 17.8. The Bertz CT molecular complexity index is 542. The Morgan fingerprint density at radius 1 is 0.676 bits per heavy atom. The van der Waals surface area contributed by atoms with E-state index in [2.05, 4.69) is 21.3 Å². The number of hydrogen-bond donors (Lipinski definition) is 5. The summed E-state index contributed by atoms with van der Waals surface area (Å²) >= 11 is 0. The third kappa shape index (κ3) is 29.2. The Morgan fingerprint density at radius 2 is 1.15 bits per heavy atom. The molecule has 0 aliphatic heterocycles. The number of ether oxygens (including phenoxy) is 4. The van der Waals surface area contributed by atoms with E-state index in [0.29, 0.717) is 59.2 Å². The number of carboxylic acids is 1. The highest BCUT2D eigenvalue weighted by Crippen LogP contribution is 1.82. The fourth-order valence-electron chi connectivity index (χ4n) is 1.74. The molecule has 0 rings (SSSR count). The monoisotopic (exact) mass is 494 g/mol. The molecule has 34 heavy (non-hydrogen) atoms. The number of nitrogens with one attached hydrogen (secondary N) is 4. The van der Waals surface area contributed by atoms with Crippen molar-refractivity contribution in [3.05, 3.63) is 0 Å². The first-order valence-corrected chi connectivity index (χ1v) is 10.7. The second-order valence-corrected chi connectivity index (χ2v) is 6.36. The van der Waals surface area contributed by atoms with Gasteiger partial charge < -0.3 is 45.3 Å². The van der Waals surface area contributed by atoms with Crippen molar-refractivity contribution < 1.29 is 48.0 Å². The van der Waals surface area contributed by atoms with Crippen LogP contribution in [0.25, 0.3) is 0 Å². The van der Waals surface area contributed by atoms with Crippen LogP contribution < -0.4 is 21.3 Å². The molecule has 0 aromatic carbocycles. The lowest BCUT2D eigenvalue weighted by Gasteiger charge is -2.08. The zero-order valence-electron chi connectivity index (χ0n) is 20.1. The van der Waals surface area contributed by atoms with Crippen LogP contribution in [-0.4, -0.2) is 114 Å². The molecule has 198 valence electrons. The van der Waals surface area contributed by atoms with Gasteiger partial charge in [-0.05, 0) is 0 Å². The number of likely N-dealkylation sites (N-methyl/N-ethyl adjacent to an activating group) is 1. The fraction of sp³-hybridized carbons (Fsp3) is 0.750. The van der Waals surface area contributed by atoms with E-state index < -0.39 is 5.97 Å². The summed E-state index contributed by atoms with van der Waals surface area (Å²) in [5.74, 6) is -1.79. The number of carbonyl (C=O) groups is 5. The van der Waals surface area contributed by atoms with E-state index in [9.17, 15) is 24.0 Å². The van der Waals surface area contributed by atoms with Crippen molar-refractivity contribution in [3.8, 4) is 0 Å². The summed E-state index contributed by atoms with van der Waals surface area (Å²) in [6.07, 6.45) is 0.453. The number of carbonyl (C=O) groups excluding carboxylic acids is 4. The third-order valence-corrected chi connectivity index (χ3v) is 3.44. The lowest BCUT2D eigenvalue weighted by atomic mass is 10.4. The normalized spacial score (nSPS) is 9.85. The smallest absolute Gasteiger partial charge is 0.322 e. The Morgan fingerprint density at radius 3 is 1.56 bits per heavy atom. The summed E-state index contributed by atoms with van der Waals surface area (Å²) in [5.41, 5.74) is 0. The van der Waals surface area contributed by atoms with E-state index in [1.165, 1.54) is 14.0 Å². The van der Waals surface area contributed by atoms with Crippen molar-refractivity contribution in [2.75, 3.05) is 79.5 Å². The van der Waals surface area contributed by atoms with Gasteiger partial charge in [0.1, 0.15) is 19.8 Å². The zero-order chi connectivity index (χ0) is 26.0. The van der Waals surface area contributed by atoms with Gasteiger partial charge in [-0.25, -0.2) is 0 Å². The average molecular weight is 495 g/mol. The van der Waals surface area contributed by atoms with Gasteiger partial charge in [-0.15, -0.1) is 0 Å². The molecule has 0 spiro atoms. The summed E-state index contributed by atoms with van der Waals surface area (Å²) in [6.45, 7) is 5.61. The molecular weight excluding hydrogens is 456 g/mol. The van der Waals surface area contributed by atoms with Crippen molar-refractivity contribution in [1.29, 1.82) is 0 Å². The Labute approximate surface area is 199 Å². The largest absolute Gasteiger partial charge is 0.480 e. The number of amides is 4. The van der Waals surface area contributed by atoms with E-state index in [1.54, 1.807) is 6.92 Å². The van der Waals surface area contributed by atoms with Gasteiger partial charge in [-0.3, -0.25) is 24.0 Å². The van der Waals surface area contributed by atoms with Crippen molar-refractivity contribution >= 4 is 29.6 Å². The van der Waals surface area contributed by atoms with E-state index in [1.807, 2.05) is 0 Å². The van der Waals surface area contributed by atoms with Crippen LogP contribution in [0.1, 0.15) is 20.3 Å². The predicted molar refractivity (Wildman–Crippen MR) is 120 cm³/mol. The number of carboxylic acid groups (broad SMARTS) is 1. The lowest BCUT2D eigenvalue weighted by Crippen LogP contribution is -2.31. The Kier molecular flexibility index (Phi) is 24.4. The maximum Gasteiger partial charge on any atom is 0.322 e. The fourth-order valence-corrected chi connectivity index (χ4v) is 1.74. The van der Waals surface area contributed by atoms with Gasteiger partial charge >= 0.3 is 5.97 Å². The van der Waals surface area contributed by atoms with E-state index in [-0.39, 0.29) is 43.4 Å². The highest BCUT2D eigenvalue weighted by molar-refractivity contribution is 5.79. The van der Waals surface area contributed by atoms with Crippen LogP contribution in [0.15, 0.2) is 0 Å². The van der Waals surface area contributed by atoms with Crippen LogP contribution in [-0.2, 0) is 42.9 Å². The first kappa shape index (κ1) is 33.4. The van der Waals surface area contributed by atoms with Crippen LogP contribution in [0.3, 0.4) is 0 Å². The molecule has 0 unspecified atom stereocenters. The SMILES string of the molecule is CC(=O)NCC(=O)O.CCC(=O)NCCOCCOCC(=O)NCCOCCOCC(=O)NC. The molecule has 0 saturated heterocycles. The first-order valence-electron chi connectivity index (χ1n) is 10.7. The number of aliphatic carboxylic acids is 1. The molecule has 0 bridgehead atoms. The zero-order valence-corrected chi connectivity index (χ0v) is 20.1. The summed E-state index contributed by atoms with van der Waals surface area (Å²) < 4.78 is 20.7. The topological polar surface area (TPSA) is 191 Å². The Hall–Kier alpha value is -2.81. The molecule has 0 aromatic heterocycles. The van der Waals surface area contributed by atoms with E-state index in [4.69, 9.17) is 24.1 Å². The van der Waals surface area contributed by atoms with Gasteiger partial charge in [-0.1, -0.05) is 6.92 Å². The molecule has 4 amide bonds. The van der Waals surface area contributed by atoms with Gasteiger partial charge in [0, 0.05) is 33.5 Å². The van der Waals surface area contributed by atoms with Crippen LogP contribution in [0, 0.1) is 0 Å². The van der Waals surface area contributed by atoms with Gasteiger partial charge in [0.25, 0.3) is 0 Å². The maximum absolute atomic E-state index is 11.5. The standard InChI is InChI=1S/C16H31N3O7.C4H7NO3/c1-3-14(20)18-4-6-23-9-11-26-13-16(22)19-5-7-24-8-10-25-12-15(21)17-2;1-3(6)5-2-4(7)8/h3-13H2,1-2H3,(H,17,21)(H,18,20)(H,19,22);2H2,1H3,(H,5,6)(H,7,8). The third-order valence-electron chi connectivity index (χ3n) is 3.44. The van der Waals surface area contributed by atoms with Crippen LogP contribution >= 0.6 is 0 Å². The molecule has 0 atom stereocenters. The molecule has 0 radical (unpaired) electrons. The van der Waals surface area contributed by atoms with Gasteiger partial charge in [0.05, 0.1) is 39.6 Å². The molecule has 0 aromatic rings. The molecule has 14 nitrogen and oxygen atoms in total. The highest BCUT2D eigenvalue weighted by Gasteiger charge is 2.01. The lowest BCUT2D eigenvalue weighted by molar-refractivity contribution is -0.137. The van der Waals surface area contributed by atoms with Gasteiger partial charge in [0.2, 0.25) is 23.6 Å². The summed E-state index contributed by atoms with van der Waals surface area (Å²) in [4.78, 5) is 53.0. The van der Waals surface area contributed by atoms with Gasteiger partial charge in [-0.2, -0.15) is 0 Å². The number of hydrogen-bond acceptors (Lipinski definition) is 9. The predicted octanol–water partition coefficient (Wildman–Crippen LogP) is -2.35. The van der Waals surface area contributed by atoms with Crippen molar-refractivity contribution in [2.24, 2.45) is 0 Å². The Balaban J connectivity index is 0. The molecule has 0 heterocycles. The molecule has 0 aliphatic carbocycles. The molecule has 0 fully saturated rings. The first-order chi connectivity index (χ1) is 16.2. The van der Waals surface area contributed by atoms with Crippen molar-refractivity contribution in [1.82, 2.24) is 21.3 Å². The van der Waals surface area contributed by atoms with E-state index >= 15 is 0 Å². The van der Waals surface area contributed by atoms with Gasteiger partial charge in [0.15, 0.2) is 0 Å². The summed E-state index contributed by atoms with van der Waals surface area (Å²) in [7, 11) is 1.54. The minimum Gasteiger partial charge on any atom is -0.480 e. The second-order valence-electron chi connectivity index (χ2n) is 6.36. The van der Waals surface area contributed by atoms with Crippen LogP contribution in [0.4, 0.5) is 0 Å². The molecular formula is C20H38N4O10. The second kappa shape index (κ2) is 24.8. The minimum absolute atomic E-state index is 0.00499. The van der Waals surface area contributed by atoms with Crippen molar-refractivity contribution in [2.45, 2.75) is 20.3 Å². The molecule has 0 saturated carbocycles. The molecule has 5 N–H and O–H groups in total. The molecule has 0 aliphatic rings. The molecule has 14 heteroatoms. The minimum atomic E-state index is -1.03. The maximum atomic E-state index is 11.5. The van der Waals surface area contributed by atoms with E-state index in [0.717, 1.165) is 0 Å². The van der Waals surface area contributed by atoms with Crippen LogP contribution in [0.2, 0.25) is 0 Å². The van der Waals surface area contributed by atoms with Crippen LogP contribution in [0.5, 0.6) is 0 Å². The highest BCUT2D eigenvalue weighted by atomic mass is 16.5. The quantitative estimate of drug-likeness (QED) is 0.121. The average Bonchev–Trinajstić information content (AvgIpc) is 2.80. The number of rotatable bonds is 19. The van der Waals surface area contributed by atoms with Crippen molar-refractivity contribution in [3.63, 3.8) is 0 Å². The summed E-state index contributed by atoms with van der Waals surface area (Å²) in [6, 6.07) is 0.